The Morgan fingerprint density at radius 2 is 2.20 bits per heavy atom. The van der Waals surface area contributed by atoms with Gasteiger partial charge in [0.2, 0.25) is 0 Å². The smallest absolute Gasteiger partial charge is 0.326 e. The largest absolute Gasteiger partial charge is 0.480 e. The van der Waals surface area contributed by atoms with Gasteiger partial charge in [0.15, 0.2) is 5.54 Å². The van der Waals surface area contributed by atoms with E-state index in [1.54, 1.807) is 0 Å². The number of nitroso groups, excluding NO2 is 1. The maximum atomic E-state index is 12.1. The number of carboxylic acids is 1. The van der Waals surface area contributed by atoms with Crippen molar-refractivity contribution in [2.24, 2.45) is 10.9 Å². The highest BCUT2D eigenvalue weighted by atomic mass is 32.2. The molecule has 0 aromatic rings. The summed E-state index contributed by atoms with van der Waals surface area (Å²) in [7, 11) is 0. The van der Waals surface area contributed by atoms with Crippen molar-refractivity contribution in [2.75, 3.05) is 24.3 Å². The molecular formula is C11H21N3O4S2. The van der Waals surface area contributed by atoms with Crippen molar-refractivity contribution >= 4 is 36.3 Å². The highest BCUT2D eigenvalue weighted by Crippen LogP contribution is 2.21. The molecule has 0 aromatic carbocycles. The van der Waals surface area contributed by atoms with Crippen molar-refractivity contribution < 1.29 is 14.7 Å². The standard InChI is InChI=1S/C11H21N3O4S2/c1-20-6-3-8(9(15)16)13-10(17)11(7-19,14-18)4-2-5-12/h8,19H,2-7,12H2,1H3,(H,13,17)(H,15,16)/t8-,11?/m0/s1. The number of nitrogens with zero attached hydrogens (tertiary/aromatic N) is 1. The fourth-order valence-corrected chi connectivity index (χ4v) is 2.39. The van der Waals surface area contributed by atoms with E-state index in [-0.39, 0.29) is 18.6 Å². The van der Waals surface area contributed by atoms with Crippen LogP contribution < -0.4 is 11.1 Å². The molecule has 0 rings (SSSR count). The van der Waals surface area contributed by atoms with E-state index in [2.05, 4.69) is 23.1 Å². The highest BCUT2D eigenvalue weighted by Gasteiger charge is 2.40. The van der Waals surface area contributed by atoms with Crippen LogP contribution >= 0.6 is 24.4 Å². The first kappa shape index (κ1) is 19.2. The monoisotopic (exact) mass is 323 g/mol. The minimum Gasteiger partial charge on any atom is -0.480 e. The van der Waals surface area contributed by atoms with Crippen molar-refractivity contribution in [3.05, 3.63) is 4.91 Å². The molecule has 0 radical (unpaired) electrons. The lowest BCUT2D eigenvalue weighted by Gasteiger charge is -2.25. The molecule has 0 aliphatic heterocycles. The van der Waals surface area contributed by atoms with Gasteiger partial charge in [-0.25, -0.2) is 4.79 Å². The normalized spacial score (nSPS) is 15.2. The molecule has 0 saturated heterocycles. The van der Waals surface area contributed by atoms with E-state index in [0.717, 1.165) is 0 Å². The zero-order chi connectivity index (χ0) is 15.6. The maximum absolute atomic E-state index is 12.1. The molecule has 7 nitrogen and oxygen atoms in total. The molecular weight excluding hydrogens is 302 g/mol. The summed E-state index contributed by atoms with van der Waals surface area (Å²) in [6.45, 7) is 0.313. The Balaban J connectivity index is 4.87. The quantitative estimate of drug-likeness (QED) is 0.324. The van der Waals surface area contributed by atoms with Crippen molar-refractivity contribution in [3.63, 3.8) is 0 Å². The third-order valence-electron chi connectivity index (χ3n) is 2.87. The van der Waals surface area contributed by atoms with Crippen LogP contribution in [0.25, 0.3) is 0 Å². The van der Waals surface area contributed by atoms with Crippen molar-refractivity contribution in [2.45, 2.75) is 30.8 Å². The Morgan fingerprint density at radius 1 is 1.55 bits per heavy atom. The third kappa shape index (κ3) is 5.68. The second-order valence-corrected chi connectivity index (χ2v) is 5.62. The summed E-state index contributed by atoms with van der Waals surface area (Å²) in [5.74, 6) is -1.34. The zero-order valence-corrected chi connectivity index (χ0v) is 13.1. The molecule has 0 fully saturated rings. The van der Waals surface area contributed by atoms with Crippen molar-refractivity contribution in [3.8, 4) is 0 Å². The van der Waals surface area contributed by atoms with Gasteiger partial charge in [0, 0.05) is 5.75 Å². The number of hydrogen-bond acceptors (Lipinski definition) is 7. The lowest BCUT2D eigenvalue weighted by atomic mass is 9.95. The van der Waals surface area contributed by atoms with Gasteiger partial charge in [-0.15, -0.1) is 4.91 Å². The predicted octanol–water partition coefficient (Wildman–Crippen LogP) is 0.483. The fourth-order valence-electron chi connectivity index (χ4n) is 1.56. The van der Waals surface area contributed by atoms with Crippen LogP contribution in [-0.2, 0) is 9.59 Å². The predicted molar refractivity (Wildman–Crippen MR) is 83.2 cm³/mol. The molecule has 0 aromatic heterocycles. The minimum absolute atomic E-state index is 0.0861. The number of carbonyl (C=O) groups is 2. The Hall–Kier alpha value is -0.800. The van der Waals surface area contributed by atoms with Crippen LogP contribution in [0.15, 0.2) is 5.18 Å². The van der Waals surface area contributed by atoms with Gasteiger partial charge < -0.3 is 16.2 Å². The first-order valence-electron chi connectivity index (χ1n) is 6.15. The number of carbonyl (C=O) groups excluding carboxylic acids is 1. The Kier molecular flexibility index (Phi) is 9.60. The molecule has 116 valence electrons. The second-order valence-electron chi connectivity index (χ2n) is 4.32. The van der Waals surface area contributed by atoms with Gasteiger partial charge in [-0.1, -0.05) is 5.18 Å². The van der Waals surface area contributed by atoms with Crippen LogP contribution in [0.3, 0.4) is 0 Å². The molecule has 0 heterocycles. The zero-order valence-electron chi connectivity index (χ0n) is 11.4. The van der Waals surface area contributed by atoms with E-state index in [0.29, 0.717) is 18.7 Å². The molecule has 9 heteroatoms. The molecule has 0 saturated carbocycles. The van der Waals surface area contributed by atoms with Crippen LogP contribution in [-0.4, -0.2) is 52.9 Å². The summed E-state index contributed by atoms with van der Waals surface area (Å²) in [5.41, 5.74) is 3.80. The van der Waals surface area contributed by atoms with E-state index in [9.17, 15) is 14.5 Å². The van der Waals surface area contributed by atoms with Crippen LogP contribution in [0, 0.1) is 4.91 Å². The molecule has 2 atom stereocenters. The molecule has 0 aliphatic carbocycles. The average molecular weight is 323 g/mol. The molecule has 0 spiro atoms. The Morgan fingerprint density at radius 3 is 2.60 bits per heavy atom. The number of nitrogens with two attached hydrogens (primary N) is 1. The Labute approximate surface area is 127 Å². The highest BCUT2D eigenvalue weighted by molar-refractivity contribution is 7.98. The summed E-state index contributed by atoms with van der Waals surface area (Å²) in [6.07, 6.45) is 2.70. The number of amides is 1. The topological polar surface area (TPSA) is 122 Å². The molecule has 4 N–H and O–H groups in total. The fraction of sp³-hybridized carbons (Fsp3) is 0.818. The number of thiol groups is 1. The number of hydrogen-bond donors (Lipinski definition) is 4. The number of rotatable bonds is 11. The van der Waals surface area contributed by atoms with E-state index in [1.807, 2.05) is 6.26 Å². The lowest BCUT2D eigenvalue weighted by Crippen LogP contribution is -2.52. The summed E-state index contributed by atoms with van der Waals surface area (Å²) < 4.78 is 0. The van der Waals surface area contributed by atoms with Crippen LogP contribution in [0.1, 0.15) is 19.3 Å². The second kappa shape index (κ2) is 10.0. The van der Waals surface area contributed by atoms with Gasteiger partial charge >= 0.3 is 5.97 Å². The van der Waals surface area contributed by atoms with Gasteiger partial charge in [0.25, 0.3) is 5.91 Å². The van der Waals surface area contributed by atoms with E-state index in [1.165, 1.54) is 11.8 Å². The average Bonchev–Trinajstić information content (AvgIpc) is 2.44. The van der Waals surface area contributed by atoms with Crippen molar-refractivity contribution in [1.29, 1.82) is 0 Å². The first-order chi connectivity index (χ1) is 9.47. The van der Waals surface area contributed by atoms with Gasteiger partial charge in [-0.3, -0.25) is 4.79 Å². The molecule has 1 unspecified atom stereocenters. The van der Waals surface area contributed by atoms with Gasteiger partial charge in [-0.2, -0.15) is 24.4 Å². The van der Waals surface area contributed by atoms with E-state index >= 15 is 0 Å². The van der Waals surface area contributed by atoms with Crippen molar-refractivity contribution in [1.82, 2.24) is 5.32 Å². The molecule has 1 amide bonds. The van der Waals surface area contributed by atoms with E-state index < -0.39 is 23.5 Å². The van der Waals surface area contributed by atoms with Crippen LogP contribution in [0.2, 0.25) is 0 Å². The maximum Gasteiger partial charge on any atom is 0.326 e. The molecule has 0 bridgehead atoms. The summed E-state index contributed by atoms with van der Waals surface area (Å²) in [6, 6.07) is -1.03. The number of thioether (sulfide) groups is 1. The van der Waals surface area contributed by atoms with E-state index in [4.69, 9.17) is 10.8 Å². The number of aliphatic carboxylic acids is 1. The van der Waals surface area contributed by atoms with Gasteiger partial charge in [0.1, 0.15) is 6.04 Å². The summed E-state index contributed by atoms with van der Waals surface area (Å²) in [5, 5.41) is 14.3. The summed E-state index contributed by atoms with van der Waals surface area (Å²) >= 11 is 5.47. The Bertz CT molecular complexity index is 344. The molecule has 20 heavy (non-hydrogen) atoms. The third-order valence-corrected chi connectivity index (χ3v) is 4.03. The number of nitrogens with one attached hydrogen (secondary N) is 1. The van der Waals surface area contributed by atoms with Crippen LogP contribution in [0.5, 0.6) is 0 Å². The molecule has 0 aliphatic rings. The number of carboxylic acid groups (broad SMARTS) is 1. The van der Waals surface area contributed by atoms with Gasteiger partial charge in [-0.05, 0) is 37.8 Å². The van der Waals surface area contributed by atoms with Gasteiger partial charge in [0.05, 0.1) is 0 Å². The lowest BCUT2D eigenvalue weighted by molar-refractivity contribution is -0.142. The summed E-state index contributed by atoms with van der Waals surface area (Å²) in [4.78, 5) is 34.3. The first-order valence-corrected chi connectivity index (χ1v) is 8.18. The SMILES string of the molecule is CSCC[C@H](NC(=O)C(CS)(CCCN)N=O)C(=O)O. The van der Waals surface area contributed by atoms with Crippen LogP contribution in [0.4, 0.5) is 0 Å². The minimum atomic E-state index is -1.56.